The first-order valence-corrected chi connectivity index (χ1v) is 9.23. The van der Waals surface area contributed by atoms with Gasteiger partial charge in [-0.05, 0) is 18.7 Å². The molecule has 1 aromatic carbocycles. The molecular formula is C18H22F4N4O5. The van der Waals surface area contributed by atoms with Crippen LogP contribution in [0.25, 0.3) is 0 Å². The highest BCUT2D eigenvalue weighted by atomic mass is 19.3. The summed E-state index contributed by atoms with van der Waals surface area (Å²) in [6, 6.07) is 1.91. The Morgan fingerprint density at radius 2 is 2.03 bits per heavy atom. The maximum Gasteiger partial charge on any atom is 0.387 e. The Kier molecular flexibility index (Phi) is 8.56. The monoisotopic (exact) mass is 450 g/mol. The smallest absolute Gasteiger partial charge is 0.387 e. The predicted molar refractivity (Wildman–Crippen MR) is 101 cm³/mol. The number of likely N-dealkylation sites (N-methyl/N-ethyl adjacent to an activating group) is 1. The van der Waals surface area contributed by atoms with Crippen LogP contribution in [-0.2, 0) is 19.1 Å². The van der Waals surface area contributed by atoms with Crippen LogP contribution < -0.4 is 20.7 Å². The van der Waals surface area contributed by atoms with Crippen LogP contribution in [0.15, 0.2) is 18.2 Å². The number of nitrogens with zero attached hydrogens (tertiary/aromatic N) is 2. The SMILES string of the molecule is CCN(CC(F)F)[C@@H](C(N)=O)C(=O)Nc1ccc(N2CCOCC2=O)cc1OC(F)F. The van der Waals surface area contributed by atoms with Gasteiger partial charge in [-0.15, -0.1) is 0 Å². The van der Waals surface area contributed by atoms with Gasteiger partial charge in [0.2, 0.25) is 5.91 Å². The number of rotatable bonds is 10. The molecule has 1 aliphatic heterocycles. The summed E-state index contributed by atoms with van der Waals surface area (Å²) in [5.41, 5.74) is 5.17. The van der Waals surface area contributed by atoms with Crippen molar-refractivity contribution in [2.24, 2.45) is 5.73 Å². The molecule has 13 heteroatoms. The van der Waals surface area contributed by atoms with Gasteiger partial charge in [-0.2, -0.15) is 8.78 Å². The molecule has 1 heterocycles. The molecule has 172 valence electrons. The minimum atomic E-state index is -3.26. The third-order valence-corrected chi connectivity index (χ3v) is 4.40. The maximum absolute atomic E-state index is 12.9. The number of amides is 3. The summed E-state index contributed by atoms with van der Waals surface area (Å²) >= 11 is 0. The van der Waals surface area contributed by atoms with E-state index in [0.717, 1.165) is 11.0 Å². The number of alkyl halides is 4. The third kappa shape index (κ3) is 6.52. The van der Waals surface area contributed by atoms with Crippen LogP contribution in [0.5, 0.6) is 5.75 Å². The molecular weight excluding hydrogens is 428 g/mol. The number of nitrogens with two attached hydrogens (primary N) is 1. The normalized spacial score (nSPS) is 15.5. The zero-order chi connectivity index (χ0) is 23.1. The van der Waals surface area contributed by atoms with E-state index in [-0.39, 0.29) is 37.7 Å². The number of morpholine rings is 1. The summed E-state index contributed by atoms with van der Waals surface area (Å²) in [5, 5.41) is 2.21. The molecule has 2 rings (SSSR count). The minimum Gasteiger partial charge on any atom is -0.433 e. The van der Waals surface area contributed by atoms with Gasteiger partial charge in [0, 0.05) is 18.3 Å². The molecule has 1 fully saturated rings. The van der Waals surface area contributed by atoms with Crippen molar-refractivity contribution in [1.29, 1.82) is 0 Å². The number of nitrogens with one attached hydrogen (secondary N) is 1. The molecule has 0 aliphatic carbocycles. The largest absolute Gasteiger partial charge is 0.433 e. The van der Waals surface area contributed by atoms with Crippen molar-refractivity contribution in [3.8, 4) is 5.75 Å². The van der Waals surface area contributed by atoms with Crippen molar-refractivity contribution in [3.63, 3.8) is 0 Å². The number of hydrogen-bond acceptors (Lipinski definition) is 6. The molecule has 0 bridgehead atoms. The van der Waals surface area contributed by atoms with Crippen LogP contribution in [0.1, 0.15) is 6.92 Å². The van der Waals surface area contributed by atoms with Crippen LogP contribution in [-0.4, -0.2) is 74.5 Å². The standard InChI is InChI=1S/C18H22F4N4O5/c1-2-25(8-13(19)20)15(16(23)28)17(29)24-11-4-3-10(7-12(11)31-18(21)22)26-5-6-30-9-14(26)27/h3-4,7,13,15,18H,2,5-6,8-9H2,1H3,(H2,23,28)(H,24,29)/t15-/m0/s1. The summed E-state index contributed by atoms with van der Waals surface area (Å²) in [5.74, 6) is -3.16. The summed E-state index contributed by atoms with van der Waals surface area (Å²) in [6.45, 7) is -2.55. The van der Waals surface area contributed by atoms with E-state index in [0.29, 0.717) is 0 Å². The molecule has 0 spiro atoms. The van der Waals surface area contributed by atoms with Gasteiger partial charge in [0.1, 0.15) is 6.61 Å². The summed E-state index contributed by atoms with van der Waals surface area (Å²) < 4.78 is 60.8. The van der Waals surface area contributed by atoms with Gasteiger partial charge in [-0.25, -0.2) is 8.78 Å². The second-order valence-corrected chi connectivity index (χ2v) is 6.43. The fraction of sp³-hybridized carbons (Fsp3) is 0.500. The Balaban J connectivity index is 2.31. The average Bonchev–Trinajstić information content (AvgIpc) is 2.68. The second-order valence-electron chi connectivity index (χ2n) is 6.43. The molecule has 1 aliphatic rings. The molecule has 3 amide bonds. The number of carbonyl (C=O) groups is 3. The quantitative estimate of drug-likeness (QED) is 0.407. The van der Waals surface area contributed by atoms with Crippen molar-refractivity contribution in [3.05, 3.63) is 18.2 Å². The second kappa shape index (κ2) is 10.9. The van der Waals surface area contributed by atoms with Gasteiger partial charge < -0.3 is 25.4 Å². The molecule has 1 saturated heterocycles. The molecule has 1 atom stereocenters. The van der Waals surface area contributed by atoms with E-state index < -0.39 is 49.1 Å². The van der Waals surface area contributed by atoms with E-state index in [1.807, 2.05) is 0 Å². The number of carbonyl (C=O) groups excluding carboxylic acids is 3. The fourth-order valence-electron chi connectivity index (χ4n) is 3.04. The maximum atomic E-state index is 12.9. The number of anilines is 2. The molecule has 1 aromatic rings. The van der Waals surface area contributed by atoms with Crippen LogP contribution in [0.2, 0.25) is 0 Å². The van der Waals surface area contributed by atoms with Gasteiger partial charge in [-0.3, -0.25) is 19.3 Å². The zero-order valence-electron chi connectivity index (χ0n) is 16.5. The molecule has 0 aromatic heterocycles. The van der Waals surface area contributed by atoms with Crippen LogP contribution in [0, 0.1) is 0 Å². The van der Waals surface area contributed by atoms with E-state index in [1.165, 1.54) is 24.0 Å². The lowest BCUT2D eigenvalue weighted by Crippen LogP contribution is -2.53. The summed E-state index contributed by atoms with van der Waals surface area (Å²) in [4.78, 5) is 38.5. The molecule has 0 unspecified atom stereocenters. The highest BCUT2D eigenvalue weighted by molar-refractivity contribution is 6.10. The van der Waals surface area contributed by atoms with Crippen LogP contribution in [0.3, 0.4) is 0 Å². The summed E-state index contributed by atoms with van der Waals surface area (Å²) in [7, 11) is 0. The fourth-order valence-corrected chi connectivity index (χ4v) is 3.04. The average molecular weight is 450 g/mol. The first-order valence-electron chi connectivity index (χ1n) is 9.23. The van der Waals surface area contributed by atoms with E-state index in [1.54, 1.807) is 0 Å². The van der Waals surface area contributed by atoms with Crippen molar-refractivity contribution < 1.29 is 41.4 Å². The van der Waals surface area contributed by atoms with Crippen LogP contribution in [0.4, 0.5) is 28.9 Å². The van der Waals surface area contributed by atoms with Gasteiger partial charge in [-0.1, -0.05) is 6.92 Å². The number of ether oxygens (including phenoxy) is 2. The predicted octanol–water partition coefficient (Wildman–Crippen LogP) is 1.03. The first-order chi connectivity index (χ1) is 14.6. The van der Waals surface area contributed by atoms with E-state index >= 15 is 0 Å². The number of hydrogen-bond donors (Lipinski definition) is 2. The highest BCUT2D eigenvalue weighted by Gasteiger charge is 2.33. The third-order valence-electron chi connectivity index (χ3n) is 4.40. The van der Waals surface area contributed by atoms with Gasteiger partial charge >= 0.3 is 6.61 Å². The number of halogens is 4. The Hall–Kier alpha value is -2.93. The van der Waals surface area contributed by atoms with Crippen molar-refractivity contribution in [2.75, 3.05) is 43.1 Å². The topological polar surface area (TPSA) is 114 Å². The number of primary amides is 1. The lowest BCUT2D eigenvalue weighted by Gasteiger charge is -2.28. The first kappa shape index (κ1) is 24.3. The molecule has 9 nitrogen and oxygen atoms in total. The Morgan fingerprint density at radius 1 is 1.32 bits per heavy atom. The van der Waals surface area contributed by atoms with Crippen LogP contribution >= 0.6 is 0 Å². The Labute approximate surface area is 175 Å². The zero-order valence-corrected chi connectivity index (χ0v) is 16.5. The van der Waals surface area contributed by atoms with Gasteiger partial charge in [0.15, 0.2) is 11.8 Å². The van der Waals surface area contributed by atoms with E-state index in [4.69, 9.17) is 10.5 Å². The molecule has 31 heavy (non-hydrogen) atoms. The summed E-state index contributed by atoms with van der Waals surface area (Å²) in [6.07, 6.45) is -2.84. The molecule has 3 N–H and O–H groups in total. The van der Waals surface area contributed by atoms with Gasteiger partial charge in [0.05, 0.1) is 18.8 Å². The van der Waals surface area contributed by atoms with Gasteiger partial charge in [0.25, 0.3) is 18.2 Å². The Morgan fingerprint density at radius 3 is 2.58 bits per heavy atom. The number of benzene rings is 1. The minimum absolute atomic E-state index is 0.0934. The molecule has 0 radical (unpaired) electrons. The van der Waals surface area contributed by atoms with E-state index in [9.17, 15) is 31.9 Å². The van der Waals surface area contributed by atoms with Crippen molar-refractivity contribution in [1.82, 2.24) is 4.90 Å². The van der Waals surface area contributed by atoms with E-state index in [2.05, 4.69) is 10.1 Å². The van der Waals surface area contributed by atoms with Crippen molar-refractivity contribution in [2.45, 2.75) is 26.0 Å². The van der Waals surface area contributed by atoms with Crippen molar-refractivity contribution >= 4 is 29.1 Å². The highest BCUT2D eigenvalue weighted by Crippen LogP contribution is 2.32. The molecule has 0 saturated carbocycles. The lowest BCUT2D eigenvalue weighted by atomic mass is 10.1. The Bertz CT molecular complexity index is 811. The lowest BCUT2D eigenvalue weighted by molar-refractivity contribution is -0.133.